The van der Waals surface area contributed by atoms with Gasteiger partial charge in [0.2, 0.25) is 0 Å². The number of nitrogens with two attached hydrogens (primary N) is 1. The summed E-state index contributed by atoms with van der Waals surface area (Å²) >= 11 is 0. The molecule has 3 N–H and O–H groups in total. The summed E-state index contributed by atoms with van der Waals surface area (Å²) in [6, 6.07) is 11.1. The lowest BCUT2D eigenvalue weighted by molar-refractivity contribution is 0.1000. The molecule has 0 unspecified atom stereocenters. The number of amides is 1. The van der Waals surface area contributed by atoms with E-state index in [1.807, 2.05) is 24.3 Å². The Labute approximate surface area is 119 Å². The molecule has 0 saturated carbocycles. The van der Waals surface area contributed by atoms with Gasteiger partial charge in [0.15, 0.2) is 5.65 Å². The number of fused-ring (bicyclic) bond motifs is 2. The Bertz CT molecular complexity index is 982. The van der Waals surface area contributed by atoms with Crippen LogP contribution < -0.4 is 5.73 Å². The number of para-hydroxylation sites is 1. The summed E-state index contributed by atoms with van der Waals surface area (Å²) in [5, 5.41) is 4.06. The van der Waals surface area contributed by atoms with Crippen LogP contribution in [0.2, 0.25) is 0 Å². The molecular weight excluding hydrogens is 266 g/mol. The summed E-state index contributed by atoms with van der Waals surface area (Å²) in [6.45, 7) is 0. The van der Waals surface area contributed by atoms with Crippen molar-refractivity contribution >= 4 is 28.0 Å². The van der Waals surface area contributed by atoms with Crippen molar-refractivity contribution in [3.05, 3.63) is 54.4 Å². The highest BCUT2D eigenvalue weighted by atomic mass is 16.1. The first-order valence-electron chi connectivity index (χ1n) is 6.45. The Morgan fingerprint density at radius 1 is 1.24 bits per heavy atom. The number of aromatic nitrogens is 4. The molecule has 0 aliphatic carbocycles. The molecule has 3 aromatic heterocycles. The van der Waals surface area contributed by atoms with Crippen molar-refractivity contribution in [3.63, 3.8) is 0 Å². The van der Waals surface area contributed by atoms with Crippen LogP contribution in [0, 0.1) is 0 Å². The first-order valence-corrected chi connectivity index (χ1v) is 6.45. The monoisotopic (exact) mass is 277 g/mol. The maximum atomic E-state index is 11.6. The summed E-state index contributed by atoms with van der Waals surface area (Å²) in [5.41, 5.74) is 8.94. The maximum absolute atomic E-state index is 11.6. The summed E-state index contributed by atoms with van der Waals surface area (Å²) in [4.78, 5) is 20.3. The number of primary amides is 1. The topological polar surface area (TPSA) is 89.6 Å². The minimum Gasteiger partial charge on any atom is -0.366 e. The Morgan fingerprint density at radius 3 is 2.95 bits per heavy atom. The fourth-order valence-electron chi connectivity index (χ4n) is 2.49. The van der Waals surface area contributed by atoms with Gasteiger partial charge >= 0.3 is 0 Å². The molecular formula is C15H11N5O. The lowest BCUT2D eigenvalue weighted by atomic mass is 10.1. The molecule has 3 heterocycles. The predicted molar refractivity (Wildman–Crippen MR) is 79.2 cm³/mol. The highest BCUT2D eigenvalue weighted by Gasteiger charge is 2.13. The molecule has 0 fully saturated rings. The number of hydrogen-bond acceptors (Lipinski definition) is 3. The average Bonchev–Trinajstić information content (AvgIpc) is 3.10. The van der Waals surface area contributed by atoms with Gasteiger partial charge in [-0.2, -0.15) is 0 Å². The highest BCUT2D eigenvalue weighted by molar-refractivity contribution is 5.97. The quantitative estimate of drug-likeness (QED) is 0.587. The molecule has 6 nitrogen and oxygen atoms in total. The van der Waals surface area contributed by atoms with Crippen LogP contribution in [0.1, 0.15) is 10.4 Å². The Balaban J connectivity index is 2.04. The molecule has 0 atom stereocenters. The van der Waals surface area contributed by atoms with Gasteiger partial charge in [-0.3, -0.25) is 14.6 Å². The normalized spacial score (nSPS) is 11.2. The molecule has 0 aliphatic heterocycles. The zero-order valence-corrected chi connectivity index (χ0v) is 10.9. The summed E-state index contributed by atoms with van der Waals surface area (Å²) in [5.74, 6) is -0.468. The van der Waals surface area contributed by atoms with Crippen molar-refractivity contribution in [1.82, 2.24) is 19.7 Å². The molecule has 102 valence electrons. The van der Waals surface area contributed by atoms with E-state index in [-0.39, 0.29) is 0 Å². The van der Waals surface area contributed by atoms with E-state index in [0.29, 0.717) is 16.9 Å². The van der Waals surface area contributed by atoms with Crippen LogP contribution in [-0.4, -0.2) is 25.7 Å². The number of carbonyl (C=O) groups is 1. The van der Waals surface area contributed by atoms with Crippen molar-refractivity contribution in [1.29, 1.82) is 0 Å². The predicted octanol–water partition coefficient (Wildman–Crippen LogP) is 2.00. The van der Waals surface area contributed by atoms with E-state index in [0.717, 1.165) is 16.4 Å². The number of hydrogen-bond donors (Lipinski definition) is 2. The Kier molecular flexibility index (Phi) is 2.32. The number of nitrogens with zero attached hydrogens (tertiary/aromatic N) is 3. The maximum Gasteiger partial charge on any atom is 0.250 e. The van der Waals surface area contributed by atoms with E-state index >= 15 is 0 Å². The Morgan fingerprint density at radius 2 is 2.10 bits per heavy atom. The standard InChI is InChI=1S/C15H11N5O/c16-14(21)10-3-1-2-4-12(10)20-13-7-9-5-6-17-15(9)19-11(13)8-18-20/h1-8,18H,(H2,16,21). The summed E-state index contributed by atoms with van der Waals surface area (Å²) in [6.07, 6.45) is 3.50. The van der Waals surface area contributed by atoms with E-state index < -0.39 is 5.91 Å². The second-order valence-corrected chi connectivity index (χ2v) is 4.74. The number of carbonyl (C=O) groups excluding carboxylic acids is 1. The molecule has 0 aliphatic rings. The number of benzene rings is 1. The second-order valence-electron chi connectivity index (χ2n) is 4.74. The SMILES string of the molecule is NC(=O)c1ccccc1-n1[nH]cc2nc3nccc3cc21. The number of H-pyrrole nitrogens is 1. The third kappa shape index (κ3) is 1.69. The molecule has 6 heteroatoms. The van der Waals surface area contributed by atoms with Crippen LogP contribution >= 0.6 is 0 Å². The molecule has 21 heavy (non-hydrogen) atoms. The van der Waals surface area contributed by atoms with Crippen LogP contribution in [0.5, 0.6) is 0 Å². The third-order valence-corrected chi connectivity index (χ3v) is 3.47. The van der Waals surface area contributed by atoms with Gasteiger partial charge in [-0.05, 0) is 24.3 Å². The number of nitrogens with one attached hydrogen (secondary N) is 1. The van der Waals surface area contributed by atoms with Gasteiger partial charge in [0, 0.05) is 17.8 Å². The lowest BCUT2D eigenvalue weighted by Crippen LogP contribution is -2.14. The van der Waals surface area contributed by atoms with E-state index in [4.69, 9.17) is 5.73 Å². The molecule has 0 spiro atoms. The fourth-order valence-corrected chi connectivity index (χ4v) is 2.49. The smallest absolute Gasteiger partial charge is 0.250 e. The molecule has 1 amide bonds. The van der Waals surface area contributed by atoms with Crippen LogP contribution in [0.15, 0.2) is 48.8 Å². The van der Waals surface area contributed by atoms with Crippen LogP contribution in [0.25, 0.3) is 27.8 Å². The molecule has 0 radical (unpaired) electrons. The number of rotatable bonds is 2. The third-order valence-electron chi connectivity index (χ3n) is 3.47. The largest absolute Gasteiger partial charge is 0.366 e. The molecule has 0 bridgehead atoms. The van der Waals surface area contributed by atoms with Crippen molar-refractivity contribution in [2.24, 2.45) is 5.73 Å². The van der Waals surface area contributed by atoms with Crippen LogP contribution in [0.4, 0.5) is 0 Å². The van der Waals surface area contributed by atoms with Gasteiger partial charge in [0.1, 0.15) is 5.52 Å². The first-order chi connectivity index (χ1) is 10.2. The van der Waals surface area contributed by atoms with Crippen LogP contribution in [-0.2, 0) is 0 Å². The molecule has 4 rings (SSSR count). The van der Waals surface area contributed by atoms with Gasteiger partial charge in [0.05, 0.1) is 16.8 Å². The van der Waals surface area contributed by atoms with Gasteiger partial charge in [-0.15, -0.1) is 0 Å². The first kappa shape index (κ1) is 11.7. The number of aromatic amines is 1. The molecule has 0 saturated heterocycles. The van der Waals surface area contributed by atoms with E-state index in [1.54, 1.807) is 29.2 Å². The zero-order chi connectivity index (χ0) is 14.4. The lowest BCUT2D eigenvalue weighted by Gasteiger charge is -2.08. The average molecular weight is 277 g/mol. The van der Waals surface area contributed by atoms with Crippen LogP contribution in [0.3, 0.4) is 0 Å². The number of pyridine rings is 1. The summed E-state index contributed by atoms with van der Waals surface area (Å²) < 4.78 is 1.80. The van der Waals surface area contributed by atoms with E-state index in [9.17, 15) is 4.79 Å². The Hall–Kier alpha value is -3.15. The van der Waals surface area contributed by atoms with Gasteiger partial charge in [-0.1, -0.05) is 12.1 Å². The highest BCUT2D eigenvalue weighted by Crippen LogP contribution is 2.23. The van der Waals surface area contributed by atoms with Crippen molar-refractivity contribution < 1.29 is 4.79 Å². The molecule has 1 aromatic carbocycles. The summed E-state index contributed by atoms with van der Waals surface area (Å²) in [7, 11) is 0. The van der Waals surface area contributed by atoms with Crippen molar-refractivity contribution in [3.8, 4) is 5.69 Å². The van der Waals surface area contributed by atoms with Crippen molar-refractivity contribution in [2.45, 2.75) is 0 Å². The minimum atomic E-state index is -0.468. The van der Waals surface area contributed by atoms with Crippen molar-refractivity contribution in [2.75, 3.05) is 0 Å². The van der Waals surface area contributed by atoms with E-state index in [2.05, 4.69) is 15.1 Å². The zero-order valence-electron chi connectivity index (χ0n) is 10.9. The fraction of sp³-hybridized carbons (Fsp3) is 0. The van der Waals surface area contributed by atoms with E-state index in [1.165, 1.54) is 0 Å². The molecule has 4 aromatic rings. The van der Waals surface area contributed by atoms with Gasteiger partial charge in [-0.25, -0.2) is 9.97 Å². The van der Waals surface area contributed by atoms with Gasteiger partial charge in [0.25, 0.3) is 5.91 Å². The minimum absolute atomic E-state index is 0.451. The van der Waals surface area contributed by atoms with Gasteiger partial charge < -0.3 is 5.73 Å². The second kappa shape index (κ2) is 4.17.